The van der Waals surface area contributed by atoms with Gasteiger partial charge in [0.2, 0.25) is 0 Å². The van der Waals surface area contributed by atoms with Crippen LogP contribution in [-0.4, -0.2) is 0 Å². The lowest BCUT2D eigenvalue weighted by atomic mass is 10.1. The highest BCUT2D eigenvalue weighted by atomic mass is 35.5. The van der Waals surface area contributed by atoms with Crippen molar-refractivity contribution in [3.05, 3.63) is 57.1 Å². The Bertz CT molecular complexity index is 673. The molecule has 0 aliphatic carbocycles. The van der Waals surface area contributed by atoms with E-state index in [0.717, 1.165) is 16.8 Å². The van der Waals surface area contributed by atoms with Gasteiger partial charge in [0.25, 0.3) is 0 Å². The van der Waals surface area contributed by atoms with E-state index in [9.17, 15) is 0 Å². The van der Waals surface area contributed by atoms with Crippen LogP contribution in [0.25, 0.3) is 0 Å². The number of rotatable bonds is 2. The van der Waals surface area contributed by atoms with E-state index in [-0.39, 0.29) is 0 Å². The van der Waals surface area contributed by atoms with Crippen LogP contribution in [0.15, 0.2) is 30.3 Å². The van der Waals surface area contributed by atoms with Crippen molar-refractivity contribution in [1.29, 1.82) is 5.26 Å². The molecular formula is C15H12Cl2N2. The van der Waals surface area contributed by atoms with E-state index in [0.29, 0.717) is 21.3 Å². The predicted octanol–water partition coefficient (Wildman–Crippen LogP) is 5.23. The van der Waals surface area contributed by atoms with Gasteiger partial charge in [0.15, 0.2) is 0 Å². The van der Waals surface area contributed by atoms with Gasteiger partial charge in [0, 0.05) is 5.69 Å². The molecule has 0 heterocycles. The van der Waals surface area contributed by atoms with Crippen LogP contribution in [0, 0.1) is 25.2 Å². The van der Waals surface area contributed by atoms with Crippen LogP contribution in [0.4, 0.5) is 11.4 Å². The number of hydrogen-bond donors (Lipinski definition) is 1. The molecule has 0 radical (unpaired) electrons. The molecule has 0 unspecified atom stereocenters. The summed E-state index contributed by atoms with van der Waals surface area (Å²) in [6.45, 7) is 3.82. The number of aryl methyl sites for hydroxylation is 2. The van der Waals surface area contributed by atoms with E-state index < -0.39 is 0 Å². The molecule has 0 bridgehead atoms. The zero-order chi connectivity index (χ0) is 14.0. The van der Waals surface area contributed by atoms with Crippen LogP contribution < -0.4 is 5.32 Å². The summed E-state index contributed by atoms with van der Waals surface area (Å²) in [6.07, 6.45) is 0. The zero-order valence-electron chi connectivity index (χ0n) is 10.6. The molecule has 0 atom stereocenters. The first kappa shape index (κ1) is 13.7. The second-order valence-corrected chi connectivity index (χ2v) is 5.10. The van der Waals surface area contributed by atoms with Gasteiger partial charge in [-0.05, 0) is 49.2 Å². The Morgan fingerprint density at radius 3 is 2.42 bits per heavy atom. The predicted molar refractivity (Wildman–Crippen MR) is 80.4 cm³/mol. The molecule has 0 aliphatic heterocycles. The van der Waals surface area contributed by atoms with Gasteiger partial charge in [-0.25, -0.2) is 0 Å². The van der Waals surface area contributed by atoms with Gasteiger partial charge >= 0.3 is 0 Å². The highest BCUT2D eigenvalue weighted by Crippen LogP contribution is 2.35. The number of anilines is 2. The lowest BCUT2D eigenvalue weighted by Crippen LogP contribution is -1.95. The van der Waals surface area contributed by atoms with Crippen LogP contribution in [-0.2, 0) is 0 Å². The molecule has 2 nitrogen and oxygen atoms in total. The molecule has 19 heavy (non-hydrogen) atoms. The summed E-state index contributed by atoms with van der Waals surface area (Å²) in [5, 5.41) is 13.3. The minimum atomic E-state index is 0.567. The largest absolute Gasteiger partial charge is 0.353 e. The Hall–Kier alpha value is -1.69. The van der Waals surface area contributed by atoms with Crippen LogP contribution in [0.2, 0.25) is 10.0 Å². The third-order valence-corrected chi connectivity index (χ3v) is 3.70. The second kappa shape index (κ2) is 5.52. The molecule has 2 rings (SSSR count). The van der Waals surface area contributed by atoms with E-state index in [1.165, 1.54) is 0 Å². The highest BCUT2D eigenvalue weighted by Gasteiger charge is 2.09. The van der Waals surface area contributed by atoms with Gasteiger partial charge in [0.1, 0.15) is 0 Å². The minimum absolute atomic E-state index is 0.567. The van der Waals surface area contributed by atoms with Crippen LogP contribution >= 0.6 is 23.2 Å². The number of hydrogen-bond acceptors (Lipinski definition) is 2. The van der Waals surface area contributed by atoms with E-state index in [4.69, 9.17) is 28.5 Å². The van der Waals surface area contributed by atoms with Gasteiger partial charge in [-0.15, -0.1) is 0 Å². The number of benzene rings is 2. The first-order valence-corrected chi connectivity index (χ1v) is 6.51. The van der Waals surface area contributed by atoms with Crippen molar-refractivity contribution in [1.82, 2.24) is 0 Å². The first-order chi connectivity index (χ1) is 9.02. The van der Waals surface area contributed by atoms with Gasteiger partial charge < -0.3 is 5.32 Å². The molecule has 0 aromatic heterocycles. The molecule has 4 heteroatoms. The van der Waals surface area contributed by atoms with Crippen LogP contribution in [0.5, 0.6) is 0 Å². The standard InChI is InChI=1S/C15H12Cl2N2/c1-9-3-6-13(16)15(14(9)17)19-12-5-4-11(8-18)10(2)7-12/h3-7,19H,1-2H3. The van der Waals surface area contributed by atoms with Crippen molar-refractivity contribution in [3.63, 3.8) is 0 Å². The van der Waals surface area contributed by atoms with Crippen LogP contribution in [0.1, 0.15) is 16.7 Å². The molecule has 2 aromatic rings. The van der Waals surface area contributed by atoms with E-state index in [2.05, 4.69) is 11.4 Å². The van der Waals surface area contributed by atoms with E-state index >= 15 is 0 Å². The summed E-state index contributed by atoms with van der Waals surface area (Å²) in [6, 6.07) is 11.3. The van der Waals surface area contributed by atoms with Gasteiger partial charge in [-0.3, -0.25) is 0 Å². The van der Waals surface area contributed by atoms with Crippen molar-refractivity contribution >= 4 is 34.6 Å². The average Bonchev–Trinajstić information content (AvgIpc) is 2.39. The fraction of sp³-hybridized carbons (Fsp3) is 0.133. The Balaban J connectivity index is 2.40. The van der Waals surface area contributed by atoms with Gasteiger partial charge in [-0.1, -0.05) is 29.3 Å². The summed E-state index contributed by atoms with van der Waals surface area (Å²) in [5.74, 6) is 0. The molecular weight excluding hydrogens is 279 g/mol. The quantitative estimate of drug-likeness (QED) is 0.822. The summed E-state index contributed by atoms with van der Waals surface area (Å²) >= 11 is 12.4. The maximum Gasteiger partial charge on any atom is 0.0994 e. The maximum atomic E-state index is 8.91. The summed E-state index contributed by atoms with van der Waals surface area (Å²) in [7, 11) is 0. The topological polar surface area (TPSA) is 35.8 Å². The Kier molecular flexibility index (Phi) is 3.99. The maximum absolute atomic E-state index is 8.91. The molecule has 0 saturated heterocycles. The normalized spacial score (nSPS) is 10.1. The Labute approximate surface area is 122 Å². The van der Waals surface area contributed by atoms with Crippen molar-refractivity contribution in [2.75, 3.05) is 5.32 Å². The van der Waals surface area contributed by atoms with Gasteiger partial charge in [0.05, 0.1) is 27.4 Å². The van der Waals surface area contributed by atoms with Crippen molar-refractivity contribution < 1.29 is 0 Å². The molecule has 2 aromatic carbocycles. The lowest BCUT2D eigenvalue weighted by molar-refractivity contribution is 1.38. The van der Waals surface area contributed by atoms with Crippen molar-refractivity contribution in [2.24, 2.45) is 0 Å². The monoisotopic (exact) mass is 290 g/mol. The number of nitrogens with one attached hydrogen (secondary N) is 1. The molecule has 1 N–H and O–H groups in total. The number of nitrogens with zero attached hydrogens (tertiary/aromatic N) is 1. The molecule has 96 valence electrons. The fourth-order valence-corrected chi connectivity index (χ4v) is 2.25. The van der Waals surface area contributed by atoms with Crippen LogP contribution in [0.3, 0.4) is 0 Å². The van der Waals surface area contributed by atoms with Gasteiger partial charge in [-0.2, -0.15) is 5.26 Å². The van der Waals surface area contributed by atoms with Crippen molar-refractivity contribution in [2.45, 2.75) is 13.8 Å². The van der Waals surface area contributed by atoms with Crippen molar-refractivity contribution in [3.8, 4) is 6.07 Å². The Morgan fingerprint density at radius 2 is 1.79 bits per heavy atom. The first-order valence-electron chi connectivity index (χ1n) is 5.75. The smallest absolute Gasteiger partial charge is 0.0994 e. The third kappa shape index (κ3) is 2.84. The second-order valence-electron chi connectivity index (χ2n) is 4.32. The lowest BCUT2D eigenvalue weighted by Gasteiger charge is -2.13. The summed E-state index contributed by atoms with van der Waals surface area (Å²) < 4.78 is 0. The SMILES string of the molecule is Cc1cc(Nc2c(Cl)ccc(C)c2Cl)ccc1C#N. The molecule has 0 amide bonds. The minimum Gasteiger partial charge on any atom is -0.353 e. The van der Waals surface area contributed by atoms with E-state index in [1.54, 1.807) is 6.07 Å². The number of halogens is 2. The summed E-state index contributed by atoms with van der Waals surface area (Å²) in [5.41, 5.74) is 4.07. The zero-order valence-corrected chi connectivity index (χ0v) is 12.1. The highest BCUT2D eigenvalue weighted by molar-refractivity contribution is 6.39. The summed E-state index contributed by atoms with van der Waals surface area (Å²) in [4.78, 5) is 0. The molecule has 0 fully saturated rings. The fourth-order valence-electron chi connectivity index (χ4n) is 1.78. The molecule has 0 saturated carbocycles. The Morgan fingerprint density at radius 1 is 1.05 bits per heavy atom. The number of nitriles is 1. The van der Waals surface area contributed by atoms with E-state index in [1.807, 2.05) is 38.1 Å². The average molecular weight is 291 g/mol. The third-order valence-electron chi connectivity index (χ3n) is 2.90. The molecule has 0 spiro atoms. The molecule has 0 aliphatic rings.